The van der Waals surface area contributed by atoms with E-state index in [0.29, 0.717) is 60.1 Å². The molecular weight excluding hydrogens is 370 g/mol. The first-order chi connectivity index (χ1) is 13.2. The van der Waals surface area contributed by atoms with Crippen LogP contribution in [0.2, 0.25) is 5.02 Å². The highest BCUT2D eigenvalue weighted by Crippen LogP contribution is 2.38. The summed E-state index contributed by atoms with van der Waals surface area (Å²) in [5.74, 6) is 2.30. The third-order valence-electron chi connectivity index (χ3n) is 4.26. The highest BCUT2D eigenvalue weighted by atomic mass is 35.5. The van der Waals surface area contributed by atoms with E-state index in [1.165, 1.54) is 0 Å². The Kier molecular flexibility index (Phi) is 5.25. The van der Waals surface area contributed by atoms with Crippen LogP contribution in [0.4, 0.5) is 5.69 Å². The fraction of sp³-hybridized carbons (Fsp3) is 0.350. The molecule has 7 heteroatoms. The highest BCUT2D eigenvalue weighted by Gasteiger charge is 2.17. The molecule has 2 aromatic carbocycles. The molecule has 2 aromatic rings. The number of amides is 1. The van der Waals surface area contributed by atoms with E-state index in [9.17, 15) is 4.79 Å². The zero-order valence-electron chi connectivity index (χ0n) is 14.8. The molecule has 6 nitrogen and oxygen atoms in total. The van der Waals surface area contributed by atoms with Crippen molar-refractivity contribution in [3.63, 3.8) is 0 Å². The summed E-state index contributed by atoms with van der Waals surface area (Å²) in [5, 5.41) is 3.33. The summed E-state index contributed by atoms with van der Waals surface area (Å²) in [6, 6.07) is 8.93. The second-order valence-electron chi connectivity index (χ2n) is 6.39. The van der Waals surface area contributed by atoms with Crippen molar-refractivity contribution in [2.45, 2.75) is 19.3 Å². The number of carbonyl (C=O) groups is 1. The average Bonchev–Trinajstić information content (AvgIpc) is 3.01. The molecule has 2 aliphatic rings. The van der Waals surface area contributed by atoms with Gasteiger partial charge in [-0.05, 0) is 29.8 Å². The number of halogens is 1. The number of fused-ring (bicyclic) bond motifs is 2. The van der Waals surface area contributed by atoms with Gasteiger partial charge in [0.05, 0.1) is 37.9 Å². The largest absolute Gasteiger partial charge is 0.490 e. The van der Waals surface area contributed by atoms with Gasteiger partial charge in [-0.25, -0.2) is 0 Å². The van der Waals surface area contributed by atoms with Gasteiger partial charge >= 0.3 is 0 Å². The predicted octanol–water partition coefficient (Wildman–Crippen LogP) is 3.84. The van der Waals surface area contributed by atoms with E-state index in [2.05, 4.69) is 5.32 Å². The third-order valence-corrected chi connectivity index (χ3v) is 4.54. The van der Waals surface area contributed by atoms with Crippen molar-refractivity contribution in [3.05, 3.63) is 40.9 Å². The molecule has 0 aromatic heterocycles. The summed E-state index contributed by atoms with van der Waals surface area (Å²) in [6.45, 7) is 2.36. The maximum Gasteiger partial charge on any atom is 0.228 e. The number of rotatable bonds is 3. The lowest BCUT2D eigenvalue weighted by Crippen LogP contribution is -2.14. The molecule has 0 fully saturated rings. The van der Waals surface area contributed by atoms with Crippen LogP contribution in [0.25, 0.3) is 0 Å². The monoisotopic (exact) mass is 389 g/mol. The second-order valence-corrected chi connectivity index (χ2v) is 6.80. The Bertz CT molecular complexity index is 855. The van der Waals surface area contributed by atoms with Gasteiger partial charge in [0, 0.05) is 24.6 Å². The van der Waals surface area contributed by atoms with E-state index in [0.717, 1.165) is 18.4 Å². The van der Waals surface area contributed by atoms with Gasteiger partial charge in [0.25, 0.3) is 0 Å². The summed E-state index contributed by atoms with van der Waals surface area (Å²) in [4.78, 5) is 12.5. The van der Waals surface area contributed by atoms with Crippen LogP contribution in [0.3, 0.4) is 0 Å². The lowest BCUT2D eigenvalue weighted by atomic mass is 10.1. The zero-order valence-corrected chi connectivity index (χ0v) is 15.5. The predicted molar refractivity (Wildman–Crippen MR) is 101 cm³/mol. The minimum atomic E-state index is -0.157. The Morgan fingerprint density at radius 2 is 1.59 bits per heavy atom. The second kappa shape index (κ2) is 7.96. The highest BCUT2D eigenvalue weighted by molar-refractivity contribution is 6.32. The molecule has 2 heterocycles. The van der Waals surface area contributed by atoms with Crippen LogP contribution in [-0.4, -0.2) is 32.3 Å². The van der Waals surface area contributed by atoms with Gasteiger partial charge in [-0.3, -0.25) is 4.79 Å². The summed E-state index contributed by atoms with van der Waals surface area (Å²) in [7, 11) is 0. The number of ether oxygens (including phenoxy) is 4. The molecule has 1 N–H and O–H groups in total. The molecule has 0 radical (unpaired) electrons. The standard InChI is InChI=1S/C20H20ClNO5/c21-15-9-13(10-18-20(15)27-8-2-7-26-18)11-19(23)22-14-3-4-16-17(12-14)25-6-1-5-24-16/h3-4,9-10,12H,1-2,5-8,11H2,(H,22,23). The molecule has 27 heavy (non-hydrogen) atoms. The minimum Gasteiger partial charge on any atom is -0.490 e. The van der Waals surface area contributed by atoms with Crippen LogP contribution in [0, 0.1) is 0 Å². The van der Waals surface area contributed by atoms with Crippen molar-refractivity contribution in [2.75, 3.05) is 31.7 Å². The third kappa shape index (κ3) is 4.22. The van der Waals surface area contributed by atoms with Crippen molar-refractivity contribution in [1.29, 1.82) is 0 Å². The minimum absolute atomic E-state index is 0.157. The molecule has 0 spiro atoms. The van der Waals surface area contributed by atoms with Gasteiger partial charge in [-0.1, -0.05) is 11.6 Å². The first-order valence-corrected chi connectivity index (χ1v) is 9.34. The molecular formula is C20H20ClNO5. The van der Waals surface area contributed by atoms with Gasteiger partial charge in [0.1, 0.15) is 0 Å². The van der Waals surface area contributed by atoms with E-state index in [1.54, 1.807) is 30.3 Å². The van der Waals surface area contributed by atoms with Crippen molar-refractivity contribution >= 4 is 23.2 Å². The van der Waals surface area contributed by atoms with Crippen LogP contribution in [0.15, 0.2) is 30.3 Å². The molecule has 0 atom stereocenters. The summed E-state index contributed by atoms with van der Waals surface area (Å²) in [6.07, 6.45) is 1.80. The number of benzene rings is 2. The lowest BCUT2D eigenvalue weighted by molar-refractivity contribution is -0.115. The van der Waals surface area contributed by atoms with Gasteiger partial charge in [0.2, 0.25) is 5.91 Å². The fourth-order valence-electron chi connectivity index (χ4n) is 3.02. The van der Waals surface area contributed by atoms with Crippen LogP contribution in [-0.2, 0) is 11.2 Å². The van der Waals surface area contributed by atoms with Crippen molar-refractivity contribution in [3.8, 4) is 23.0 Å². The molecule has 0 saturated heterocycles. The molecule has 4 rings (SSSR count). The Balaban J connectivity index is 1.46. The van der Waals surface area contributed by atoms with Gasteiger partial charge in [-0.2, -0.15) is 0 Å². The Hall–Kier alpha value is -2.60. The fourth-order valence-corrected chi connectivity index (χ4v) is 3.31. The lowest BCUT2D eigenvalue weighted by Gasteiger charge is -2.12. The van der Waals surface area contributed by atoms with Crippen LogP contribution in [0.5, 0.6) is 23.0 Å². The average molecular weight is 390 g/mol. The molecule has 0 unspecified atom stereocenters. The quantitative estimate of drug-likeness (QED) is 0.863. The van der Waals surface area contributed by atoms with E-state index in [-0.39, 0.29) is 12.3 Å². The van der Waals surface area contributed by atoms with Gasteiger partial charge < -0.3 is 24.3 Å². The van der Waals surface area contributed by atoms with Gasteiger partial charge in [-0.15, -0.1) is 0 Å². The maximum atomic E-state index is 12.5. The molecule has 1 amide bonds. The topological polar surface area (TPSA) is 66.0 Å². The first-order valence-electron chi connectivity index (χ1n) is 8.96. The molecule has 2 aliphatic heterocycles. The number of hydrogen-bond donors (Lipinski definition) is 1. The molecule has 0 aliphatic carbocycles. The maximum absolute atomic E-state index is 12.5. The van der Waals surface area contributed by atoms with E-state index in [1.807, 2.05) is 0 Å². The van der Waals surface area contributed by atoms with Gasteiger partial charge in [0.15, 0.2) is 23.0 Å². The number of anilines is 1. The Morgan fingerprint density at radius 1 is 0.889 bits per heavy atom. The van der Waals surface area contributed by atoms with Crippen LogP contribution in [0.1, 0.15) is 18.4 Å². The number of carbonyl (C=O) groups excluding carboxylic acids is 1. The molecule has 0 saturated carbocycles. The first kappa shape index (κ1) is 17.8. The zero-order chi connectivity index (χ0) is 18.6. The molecule has 142 valence electrons. The summed E-state index contributed by atoms with van der Waals surface area (Å²) >= 11 is 6.29. The van der Waals surface area contributed by atoms with E-state index in [4.69, 9.17) is 30.5 Å². The number of hydrogen-bond acceptors (Lipinski definition) is 5. The Morgan fingerprint density at radius 3 is 2.41 bits per heavy atom. The Labute approximate surface area is 162 Å². The van der Waals surface area contributed by atoms with Crippen LogP contribution >= 0.6 is 11.6 Å². The van der Waals surface area contributed by atoms with E-state index < -0.39 is 0 Å². The smallest absolute Gasteiger partial charge is 0.228 e. The van der Waals surface area contributed by atoms with Crippen molar-refractivity contribution < 1.29 is 23.7 Å². The van der Waals surface area contributed by atoms with Crippen molar-refractivity contribution in [1.82, 2.24) is 0 Å². The summed E-state index contributed by atoms with van der Waals surface area (Å²) < 4.78 is 22.5. The van der Waals surface area contributed by atoms with Crippen LogP contribution < -0.4 is 24.3 Å². The normalized spacial score (nSPS) is 15.4. The SMILES string of the molecule is O=C(Cc1cc(Cl)c2c(c1)OCCCO2)Nc1ccc2c(c1)OCCCO2. The summed E-state index contributed by atoms with van der Waals surface area (Å²) in [5.41, 5.74) is 1.42. The van der Waals surface area contributed by atoms with E-state index >= 15 is 0 Å². The number of nitrogens with one attached hydrogen (secondary N) is 1. The molecule has 0 bridgehead atoms. The van der Waals surface area contributed by atoms with Crippen molar-refractivity contribution in [2.24, 2.45) is 0 Å².